The van der Waals surface area contributed by atoms with Gasteiger partial charge >= 0.3 is 5.97 Å². The lowest BCUT2D eigenvalue weighted by molar-refractivity contribution is -0.143. The van der Waals surface area contributed by atoms with E-state index in [9.17, 15) is 4.79 Å². The van der Waals surface area contributed by atoms with Crippen LogP contribution in [0.25, 0.3) is 0 Å². The summed E-state index contributed by atoms with van der Waals surface area (Å²) in [5.74, 6) is 0.418. The third-order valence-corrected chi connectivity index (χ3v) is 3.00. The topological polar surface area (TPSA) is 26.3 Å². The molecule has 0 aliphatic carbocycles. The van der Waals surface area contributed by atoms with E-state index in [1.54, 1.807) is 0 Å². The SMILES string of the molecule is CCCCCCCCCCCC(=O)OCC[S]. The van der Waals surface area contributed by atoms with E-state index < -0.39 is 0 Å². The lowest BCUT2D eigenvalue weighted by atomic mass is 10.1. The molecule has 0 spiro atoms. The summed E-state index contributed by atoms with van der Waals surface area (Å²) < 4.78 is 4.92. The number of hydrogen-bond donors (Lipinski definition) is 0. The first-order chi connectivity index (χ1) is 8.31. The van der Waals surface area contributed by atoms with Gasteiger partial charge in [-0.3, -0.25) is 4.79 Å². The maximum Gasteiger partial charge on any atom is 0.305 e. The van der Waals surface area contributed by atoms with Crippen LogP contribution in [-0.4, -0.2) is 18.3 Å². The Balaban J connectivity index is 3.05. The number of unbranched alkanes of at least 4 members (excludes halogenated alkanes) is 8. The van der Waals surface area contributed by atoms with Crippen LogP contribution in [0.15, 0.2) is 0 Å². The van der Waals surface area contributed by atoms with E-state index in [1.807, 2.05) is 0 Å². The van der Waals surface area contributed by atoms with Crippen LogP contribution in [0.3, 0.4) is 0 Å². The van der Waals surface area contributed by atoms with Crippen LogP contribution in [-0.2, 0) is 9.53 Å². The molecule has 3 heteroatoms. The van der Waals surface area contributed by atoms with Crippen LogP contribution < -0.4 is 0 Å². The molecule has 0 bridgehead atoms. The summed E-state index contributed by atoms with van der Waals surface area (Å²) in [6, 6.07) is 0. The Labute approximate surface area is 112 Å². The molecule has 0 aromatic rings. The Kier molecular flexibility index (Phi) is 13.7. The Morgan fingerprint density at radius 2 is 1.47 bits per heavy atom. The minimum Gasteiger partial charge on any atom is -0.465 e. The molecule has 0 rings (SSSR count). The molecular weight excluding hydrogens is 232 g/mol. The fraction of sp³-hybridized carbons (Fsp3) is 0.929. The zero-order valence-electron chi connectivity index (χ0n) is 11.2. The van der Waals surface area contributed by atoms with E-state index in [0.29, 0.717) is 18.8 Å². The summed E-state index contributed by atoms with van der Waals surface area (Å²) in [6.45, 7) is 2.64. The molecule has 0 N–H and O–H groups in total. The largest absolute Gasteiger partial charge is 0.465 e. The lowest BCUT2D eigenvalue weighted by Crippen LogP contribution is -2.06. The van der Waals surface area contributed by atoms with Crippen molar-refractivity contribution < 1.29 is 9.53 Å². The van der Waals surface area contributed by atoms with Crippen molar-refractivity contribution in [3.05, 3.63) is 0 Å². The number of carbonyl (C=O) groups excluding carboxylic acids is 1. The summed E-state index contributed by atoms with van der Waals surface area (Å²) in [5, 5.41) is 0. The molecule has 2 nitrogen and oxygen atoms in total. The zero-order valence-corrected chi connectivity index (χ0v) is 12.0. The van der Waals surface area contributed by atoms with E-state index in [-0.39, 0.29) is 5.97 Å². The number of esters is 1. The van der Waals surface area contributed by atoms with Crippen molar-refractivity contribution in [3.63, 3.8) is 0 Å². The highest BCUT2D eigenvalue weighted by Crippen LogP contribution is 2.10. The first-order valence-electron chi connectivity index (χ1n) is 7.05. The highest BCUT2D eigenvalue weighted by molar-refractivity contribution is 7.80. The quantitative estimate of drug-likeness (QED) is 0.377. The van der Waals surface area contributed by atoms with Gasteiger partial charge in [0, 0.05) is 12.2 Å². The van der Waals surface area contributed by atoms with Gasteiger partial charge in [-0.05, 0) is 6.42 Å². The minimum atomic E-state index is -0.0854. The average molecular weight is 259 g/mol. The van der Waals surface area contributed by atoms with Gasteiger partial charge in [0.25, 0.3) is 0 Å². The molecular formula is C14H27O2S. The molecule has 101 valence electrons. The maximum absolute atomic E-state index is 11.1. The van der Waals surface area contributed by atoms with E-state index in [4.69, 9.17) is 17.4 Å². The Morgan fingerprint density at radius 1 is 0.941 bits per heavy atom. The predicted octanol–water partition coefficient (Wildman–Crippen LogP) is 4.65. The van der Waals surface area contributed by atoms with Crippen molar-refractivity contribution in [1.82, 2.24) is 0 Å². The van der Waals surface area contributed by atoms with Crippen molar-refractivity contribution in [2.45, 2.75) is 71.1 Å². The van der Waals surface area contributed by atoms with Gasteiger partial charge in [-0.15, -0.1) is 0 Å². The number of carbonyl (C=O) groups is 1. The second-order valence-electron chi connectivity index (χ2n) is 4.50. The zero-order chi connectivity index (χ0) is 12.8. The normalized spacial score (nSPS) is 10.5. The summed E-state index contributed by atoms with van der Waals surface area (Å²) in [6.07, 6.45) is 12.0. The first-order valence-corrected chi connectivity index (χ1v) is 7.62. The molecule has 0 heterocycles. The van der Waals surface area contributed by atoms with Crippen molar-refractivity contribution in [2.75, 3.05) is 12.4 Å². The minimum absolute atomic E-state index is 0.0854. The number of hydrogen-bond acceptors (Lipinski definition) is 2. The highest BCUT2D eigenvalue weighted by atomic mass is 32.1. The molecule has 0 fully saturated rings. The third kappa shape index (κ3) is 13.8. The molecule has 17 heavy (non-hydrogen) atoms. The van der Waals surface area contributed by atoms with Gasteiger partial charge in [-0.1, -0.05) is 70.9 Å². The Morgan fingerprint density at radius 3 is 2.00 bits per heavy atom. The van der Waals surface area contributed by atoms with Crippen LogP contribution in [0.2, 0.25) is 0 Å². The average Bonchev–Trinajstić information content (AvgIpc) is 2.34. The van der Waals surface area contributed by atoms with Gasteiger partial charge in [-0.2, -0.15) is 0 Å². The van der Waals surface area contributed by atoms with Crippen LogP contribution in [0, 0.1) is 0 Å². The summed E-state index contributed by atoms with van der Waals surface area (Å²) >= 11 is 4.71. The molecule has 0 aliphatic rings. The summed E-state index contributed by atoms with van der Waals surface area (Å²) in [7, 11) is 0. The van der Waals surface area contributed by atoms with Gasteiger partial charge in [0.05, 0.1) is 0 Å². The van der Waals surface area contributed by atoms with Gasteiger partial charge in [0.15, 0.2) is 0 Å². The molecule has 0 aromatic carbocycles. The number of rotatable bonds is 12. The van der Waals surface area contributed by atoms with Crippen molar-refractivity contribution in [3.8, 4) is 0 Å². The molecule has 0 atom stereocenters. The molecule has 0 saturated carbocycles. The lowest BCUT2D eigenvalue weighted by Gasteiger charge is -2.03. The summed E-state index contributed by atoms with van der Waals surface area (Å²) in [5.41, 5.74) is 0. The molecule has 0 aliphatic heterocycles. The van der Waals surface area contributed by atoms with Gasteiger partial charge < -0.3 is 4.74 Å². The first kappa shape index (κ1) is 16.8. The Bertz CT molecular complexity index is 172. The van der Waals surface area contributed by atoms with Crippen molar-refractivity contribution in [1.29, 1.82) is 0 Å². The van der Waals surface area contributed by atoms with Gasteiger partial charge in [0.2, 0.25) is 0 Å². The van der Waals surface area contributed by atoms with E-state index in [2.05, 4.69) is 6.92 Å². The molecule has 0 aromatic heterocycles. The highest BCUT2D eigenvalue weighted by Gasteiger charge is 2.01. The fourth-order valence-electron chi connectivity index (χ4n) is 1.81. The number of ether oxygens (including phenoxy) is 1. The predicted molar refractivity (Wildman–Crippen MR) is 75.3 cm³/mol. The Hall–Kier alpha value is -0.180. The van der Waals surface area contributed by atoms with Crippen molar-refractivity contribution in [2.24, 2.45) is 0 Å². The molecule has 0 unspecified atom stereocenters. The fourth-order valence-corrected chi connectivity index (χ4v) is 1.89. The van der Waals surface area contributed by atoms with Crippen LogP contribution in [0.1, 0.15) is 71.1 Å². The summed E-state index contributed by atoms with van der Waals surface area (Å²) in [4.78, 5) is 11.1. The molecule has 0 saturated heterocycles. The van der Waals surface area contributed by atoms with Crippen LogP contribution in [0.5, 0.6) is 0 Å². The maximum atomic E-state index is 11.1. The standard InChI is InChI=1S/C14H27O2S/c1-2-3-4-5-6-7-8-9-10-11-14(15)16-12-13-17/h2-13H2,1H3. The van der Waals surface area contributed by atoms with Gasteiger partial charge in [-0.25, -0.2) is 0 Å². The van der Waals surface area contributed by atoms with E-state index >= 15 is 0 Å². The van der Waals surface area contributed by atoms with Crippen LogP contribution >= 0.6 is 12.6 Å². The smallest absolute Gasteiger partial charge is 0.305 e. The van der Waals surface area contributed by atoms with Gasteiger partial charge in [0.1, 0.15) is 6.61 Å². The van der Waals surface area contributed by atoms with Crippen molar-refractivity contribution >= 4 is 18.6 Å². The molecule has 1 radical (unpaired) electrons. The monoisotopic (exact) mass is 259 g/mol. The van der Waals surface area contributed by atoms with E-state index in [1.165, 1.54) is 44.9 Å². The molecule has 0 amide bonds. The second-order valence-corrected chi connectivity index (χ2v) is 4.91. The van der Waals surface area contributed by atoms with E-state index in [0.717, 1.165) is 12.8 Å². The second kappa shape index (κ2) is 13.9. The van der Waals surface area contributed by atoms with Crippen LogP contribution in [0.4, 0.5) is 0 Å². The third-order valence-electron chi connectivity index (χ3n) is 2.83.